The molecule has 0 bridgehead atoms. The summed E-state index contributed by atoms with van der Waals surface area (Å²) >= 11 is 1.56. The maximum Gasteiger partial charge on any atom is 0.254 e. The van der Waals surface area contributed by atoms with Crippen LogP contribution >= 0.6 is 11.3 Å². The van der Waals surface area contributed by atoms with Crippen molar-refractivity contribution in [1.82, 2.24) is 9.80 Å². The zero-order valence-electron chi connectivity index (χ0n) is 19.7. The smallest absolute Gasteiger partial charge is 0.254 e. The highest BCUT2D eigenvalue weighted by Crippen LogP contribution is 2.33. The van der Waals surface area contributed by atoms with Crippen LogP contribution in [0.1, 0.15) is 33.6 Å². The van der Waals surface area contributed by atoms with Crippen LogP contribution < -0.4 is 9.47 Å². The third-order valence-corrected chi connectivity index (χ3v) is 7.11. The number of hydrogen-bond acceptors (Lipinski definition) is 6. The van der Waals surface area contributed by atoms with Gasteiger partial charge in [-0.15, -0.1) is 11.3 Å². The van der Waals surface area contributed by atoms with Crippen LogP contribution in [-0.4, -0.2) is 54.2 Å². The molecule has 0 N–H and O–H groups in total. The second-order valence-corrected chi connectivity index (χ2v) is 9.88. The summed E-state index contributed by atoms with van der Waals surface area (Å²) in [5, 5.41) is 1.96. The van der Waals surface area contributed by atoms with Crippen molar-refractivity contribution in [2.45, 2.75) is 32.0 Å². The molecule has 1 fully saturated rings. The lowest BCUT2D eigenvalue weighted by Crippen LogP contribution is -2.45. The van der Waals surface area contributed by atoms with Crippen LogP contribution in [0.4, 0.5) is 4.39 Å². The van der Waals surface area contributed by atoms with E-state index < -0.39 is 0 Å². The van der Waals surface area contributed by atoms with Gasteiger partial charge >= 0.3 is 0 Å². The van der Waals surface area contributed by atoms with E-state index in [9.17, 15) is 14.0 Å². The lowest BCUT2D eigenvalue weighted by molar-refractivity contribution is -0.133. The van der Waals surface area contributed by atoms with Crippen molar-refractivity contribution in [2.75, 3.05) is 26.5 Å². The molecule has 36 heavy (non-hydrogen) atoms. The van der Waals surface area contributed by atoms with Crippen molar-refractivity contribution in [2.24, 2.45) is 0 Å². The molecule has 0 radical (unpaired) electrons. The molecule has 0 aliphatic carbocycles. The molecule has 9 heteroatoms. The fraction of sp³-hybridized carbons (Fsp3) is 0.333. The topological polar surface area (TPSA) is 68.3 Å². The van der Waals surface area contributed by atoms with Gasteiger partial charge in [-0.3, -0.25) is 9.59 Å². The Hall–Kier alpha value is -3.43. The number of amides is 2. The van der Waals surface area contributed by atoms with Gasteiger partial charge in [0.1, 0.15) is 12.4 Å². The van der Waals surface area contributed by atoms with E-state index in [-0.39, 0.29) is 37.1 Å². The monoisotopic (exact) mass is 510 g/mol. The minimum Gasteiger partial charge on any atom is -0.454 e. The molecule has 1 unspecified atom stereocenters. The molecule has 3 heterocycles. The van der Waals surface area contributed by atoms with E-state index in [2.05, 4.69) is 0 Å². The Bertz CT molecular complexity index is 1200. The second kappa shape index (κ2) is 11.1. The predicted molar refractivity (Wildman–Crippen MR) is 132 cm³/mol. The Balaban J connectivity index is 1.36. The number of ether oxygens (including phenoxy) is 3. The zero-order valence-corrected chi connectivity index (χ0v) is 20.5. The molecule has 0 spiro atoms. The molecule has 2 aliphatic heterocycles. The van der Waals surface area contributed by atoms with E-state index in [1.165, 1.54) is 12.1 Å². The predicted octanol–water partition coefficient (Wildman–Crippen LogP) is 4.47. The Kier molecular flexibility index (Phi) is 7.48. The maximum absolute atomic E-state index is 13.6. The van der Waals surface area contributed by atoms with Crippen molar-refractivity contribution in [1.29, 1.82) is 0 Å². The van der Waals surface area contributed by atoms with Crippen LogP contribution in [0.15, 0.2) is 60.0 Å². The number of carbonyl (C=O) groups excluding carboxylic acids is 2. The summed E-state index contributed by atoms with van der Waals surface area (Å²) in [7, 11) is 0. The van der Waals surface area contributed by atoms with E-state index in [0.29, 0.717) is 43.3 Å². The first-order chi connectivity index (χ1) is 17.5. The van der Waals surface area contributed by atoms with E-state index in [1.807, 2.05) is 17.5 Å². The number of rotatable bonds is 9. The van der Waals surface area contributed by atoms with Crippen LogP contribution in [-0.2, 0) is 22.6 Å². The summed E-state index contributed by atoms with van der Waals surface area (Å²) in [5.74, 6) is 0.316. The van der Waals surface area contributed by atoms with Gasteiger partial charge in [-0.1, -0.05) is 18.2 Å². The normalized spacial score (nSPS) is 16.2. The van der Waals surface area contributed by atoms with Gasteiger partial charge in [0.05, 0.1) is 12.6 Å². The zero-order chi connectivity index (χ0) is 24.9. The lowest BCUT2D eigenvalue weighted by Gasteiger charge is -2.29. The van der Waals surface area contributed by atoms with Crippen LogP contribution in [0.25, 0.3) is 0 Å². The molecule has 1 saturated heterocycles. The quantitative estimate of drug-likeness (QED) is 0.425. The highest BCUT2D eigenvalue weighted by molar-refractivity contribution is 7.09. The fourth-order valence-corrected chi connectivity index (χ4v) is 5.08. The molecular weight excluding hydrogens is 483 g/mol. The van der Waals surface area contributed by atoms with E-state index in [1.54, 1.807) is 51.5 Å². The summed E-state index contributed by atoms with van der Waals surface area (Å²) in [6, 6.07) is 15.1. The van der Waals surface area contributed by atoms with Gasteiger partial charge in [0.25, 0.3) is 5.91 Å². The van der Waals surface area contributed by atoms with Gasteiger partial charge < -0.3 is 24.0 Å². The Morgan fingerprint density at radius 3 is 2.58 bits per heavy atom. The Morgan fingerprint density at radius 2 is 1.83 bits per heavy atom. The number of carbonyl (C=O) groups is 2. The summed E-state index contributed by atoms with van der Waals surface area (Å²) in [4.78, 5) is 31.5. The van der Waals surface area contributed by atoms with Gasteiger partial charge in [-0.2, -0.15) is 0 Å². The molecule has 5 rings (SSSR count). The van der Waals surface area contributed by atoms with E-state index >= 15 is 0 Å². The van der Waals surface area contributed by atoms with Crippen molar-refractivity contribution in [3.63, 3.8) is 0 Å². The van der Waals surface area contributed by atoms with Crippen LogP contribution in [0, 0.1) is 5.82 Å². The maximum atomic E-state index is 13.6. The molecule has 2 amide bonds. The summed E-state index contributed by atoms with van der Waals surface area (Å²) < 4.78 is 30.0. The molecule has 7 nitrogen and oxygen atoms in total. The van der Waals surface area contributed by atoms with Crippen molar-refractivity contribution in [3.05, 3.63) is 81.8 Å². The Morgan fingerprint density at radius 1 is 1.00 bits per heavy atom. The highest BCUT2D eigenvalue weighted by atomic mass is 32.1. The van der Waals surface area contributed by atoms with Gasteiger partial charge in [0, 0.05) is 30.1 Å². The van der Waals surface area contributed by atoms with Crippen LogP contribution in [0.5, 0.6) is 11.5 Å². The first-order valence-electron chi connectivity index (χ1n) is 11.9. The minimum atomic E-state index is -0.327. The third-order valence-electron chi connectivity index (χ3n) is 6.25. The van der Waals surface area contributed by atoms with Gasteiger partial charge in [-0.25, -0.2) is 4.39 Å². The van der Waals surface area contributed by atoms with Crippen molar-refractivity contribution in [3.8, 4) is 11.5 Å². The fourth-order valence-electron chi connectivity index (χ4n) is 4.36. The molecular formula is C27H27FN2O5S. The van der Waals surface area contributed by atoms with E-state index in [4.69, 9.17) is 14.2 Å². The minimum absolute atomic E-state index is 0.0975. The van der Waals surface area contributed by atoms with Crippen LogP contribution in [0.2, 0.25) is 0 Å². The SMILES string of the molecule is O=C(CN(CC1CCCO1)C(=O)c1ccc2c(c1)OCO2)N(Cc1ccc(F)cc1)Cc1cccs1. The summed E-state index contributed by atoms with van der Waals surface area (Å²) in [5.41, 5.74) is 1.24. The molecule has 2 aliphatic rings. The number of thiophene rings is 1. The second-order valence-electron chi connectivity index (χ2n) is 8.84. The van der Waals surface area contributed by atoms with Gasteiger partial charge in [0.15, 0.2) is 11.5 Å². The van der Waals surface area contributed by atoms with Gasteiger partial charge in [0.2, 0.25) is 12.7 Å². The number of halogens is 1. The standard InChI is InChI=1S/C27H27FN2O5S/c28-21-8-5-19(6-9-21)14-29(16-23-4-2-12-36-23)26(31)17-30(15-22-3-1-11-33-22)27(32)20-7-10-24-25(13-20)35-18-34-24/h2,4-10,12-13,22H,1,3,11,14-18H2. The summed E-state index contributed by atoms with van der Waals surface area (Å²) in [6.07, 6.45) is 1.66. The Labute approximate surface area is 213 Å². The molecule has 0 saturated carbocycles. The number of benzene rings is 2. The highest BCUT2D eigenvalue weighted by Gasteiger charge is 2.28. The average molecular weight is 511 g/mol. The molecule has 2 aromatic carbocycles. The van der Waals surface area contributed by atoms with Gasteiger partial charge in [-0.05, 0) is 60.2 Å². The third kappa shape index (κ3) is 5.85. The van der Waals surface area contributed by atoms with Crippen molar-refractivity contribution < 1.29 is 28.2 Å². The largest absolute Gasteiger partial charge is 0.454 e. The van der Waals surface area contributed by atoms with E-state index in [0.717, 1.165) is 23.3 Å². The molecule has 1 aromatic heterocycles. The first-order valence-corrected chi connectivity index (χ1v) is 12.8. The number of hydrogen-bond donors (Lipinski definition) is 0. The molecule has 1 atom stereocenters. The van der Waals surface area contributed by atoms with Crippen LogP contribution in [0.3, 0.4) is 0 Å². The first kappa shape index (κ1) is 24.3. The average Bonchev–Trinajstić information content (AvgIpc) is 3.67. The summed E-state index contributed by atoms with van der Waals surface area (Å²) in [6.45, 7) is 1.71. The molecule has 188 valence electrons. The lowest BCUT2D eigenvalue weighted by atomic mass is 10.1. The number of nitrogens with zero attached hydrogens (tertiary/aromatic N) is 2. The van der Waals surface area contributed by atoms with Crippen molar-refractivity contribution >= 4 is 23.2 Å². The number of fused-ring (bicyclic) bond motifs is 1. The molecule has 3 aromatic rings.